The molecule has 0 unspecified atom stereocenters. The smallest absolute Gasteiger partial charge is 0.333 e. The molecule has 0 bridgehead atoms. The van der Waals surface area contributed by atoms with Crippen molar-refractivity contribution >= 4 is 136 Å². The van der Waals surface area contributed by atoms with Crippen LogP contribution in [0.3, 0.4) is 0 Å². The van der Waals surface area contributed by atoms with Crippen LogP contribution in [-0.2, 0) is 16.2 Å². The van der Waals surface area contributed by atoms with Gasteiger partial charge in [0, 0.05) is 84.5 Å². The second kappa shape index (κ2) is 12.4. The first-order chi connectivity index (χ1) is 31.8. The molecule has 0 saturated heterocycles. The number of thiophene rings is 2. The molecule has 0 amide bonds. The number of anilines is 2. The number of hydrogen-bond donors (Lipinski definition) is 0. The van der Waals surface area contributed by atoms with Crippen molar-refractivity contribution in [2.24, 2.45) is 0 Å². The molecule has 318 valence electrons. The van der Waals surface area contributed by atoms with Crippen LogP contribution in [0.2, 0.25) is 0 Å². The molecule has 3 aliphatic rings. The number of hydrogen-bond acceptors (Lipinski definition) is 4. The minimum absolute atomic E-state index is 0.0324. The summed E-state index contributed by atoms with van der Waals surface area (Å²) in [6.45, 7) is 16.6. The Morgan fingerprint density at radius 2 is 1.20 bits per heavy atom. The monoisotopic (exact) mass is 886 g/mol. The fourth-order valence-electron chi connectivity index (χ4n) is 12.6. The molecule has 0 N–H and O–H groups in total. The molecule has 4 aromatic heterocycles. The Labute approximate surface area is 392 Å². The molecule has 66 heavy (non-hydrogen) atoms. The van der Waals surface area contributed by atoms with Crippen LogP contribution in [0, 0.1) is 0 Å². The number of rotatable bonds is 1. The van der Waals surface area contributed by atoms with Crippen LogP contribution < -0.4 is 15.7 Å². The largest absolute Gasteiger partial charge is 0.456 e. The first-order valence-corrected chi connectivity index (χ1v) is 25.3. The average Bonchev–Trinajstić information content (AvgIpc) is 4.05. The molecule has 15 rings (SSSR count). The van der Waals surface area contributed by atoms with E-state index < -0.39 is 0 Å². The zero-order valence-corrected chi connectivity index (χ0v) is 39.9. The van der Waals surface area contributed by atoms with Gasteiger partial charge in [0.1, 0.15) is 11.2 Å². The highest BCUT2D eigenvalue weighted by Gasteiger charge is 2.45. The van der Waals surface area contributed by atoms with Gasteiger partial charge in [0.2, 0.25) is 0 Å². The molecular formula is C60H47BN2OS2. The summed E-state index contributed by atoms with van der Waals surface area (Å²) in [6, 6.07) is 51.9. The van der Waals surface area contributed by atoms with Crippen LogP contribution in [0.1, 0.15) is 78.0 Å². The Hall–Kier alpha value is -6.34. The number of para-hydroxylation sites is 1. The lowest BCUT2D eigenvalue weighted by molar-refractivity contribution is 0.332. The van der Waals surface area contributed by atoms with Gasteiger partial charge in [0.05, 0.1) is 11.0 Å². The first-order valence-electron chi connectivity index (χ1n) is 23.6. The van der Waals surface area contributed by atoms with Gasteiger partial charge in [-0.15, -0.1) is 22.7 Å². The maximum atomic E-state index is 6.79. The van der Waals surface area contributed by atoms with Crippen molar-refractivity contribution < 1.29 is 4.42 Å². The lowest BCUT2D eigenvalue weighted by Crippen LogP contribution is -2.60. The molecule has 0 radical (unpaired) electrons. The van der Waals surface area contributed by atoms with Crippen LogP contribution in [0.4, 0.5) is 11.4 Å². The van der Waals surface area contributed by atoms with Crippen molar-refractivity contribution in [3.63, 3.8) is 0 Å². The van der Waals surface area contributed by atoms with E-state index in [1.54, 1.807) is 0 Å². The van der Waals surface area contributed by atoms with E-state index in [-0.39, 0.29) is 23.1 Å². The van der Waals surface area contributed by atoms with E-state index in [2.05, 4.69) is 191 Å². The molecule has 0 saturated carbocycles. The van der Waals surface area contributed by atoms with E-state index in [1.165, 1.54) is 131 Å². The number of benzene rings is 8. The van der Waals surface area contributed by atoms with E-state index in [1.807, 2.05) is 22.7 Å². The molecule has 2 aliphatic heterocycles. The van der Waals surface area contributed by atoms with Crippen molar-refractivity contribution in [2.75, 3.05) is 4.81 Å². The highest BCUT2D eigenvalue weighted by Crippen LogP contribution is 2.53. The molecule has 8 aromatic carbocycles. The van der Waals surface area contributed by atoms with Gasteiger partial charge in [0.25, 0.3) is 0 Å². The number of fused-ring (bicyclic) bond motifs is 18. The van der Waals surface area contributed by atoms with Crippen LogP contribution in [-0.4, -0.2) is 11.4 Å². The summed E-state index contributed by atoms with van der Waals surface area (Å²) in [7, 11) is 0. The minimum atomic E-state index is -0.113. The Morgan fingerprint density at radius 3 is 2.00 bits per heavy atom. The fourth-order valence-corrected chi connectivity index (χ4v) is 14.8. The van der Waals surface area contributed by atoms with E-state index in [9.17, 15) is 0 Å². The van der Waals surface area contributed by atoms with Gasteiger partial charge >= 0.3 is 6.85 Å². The molecule has 12 aromatic rings. The quantitative estimate of drug-likeness (QED) is 0.153. The van der Waals surface area contributed by atoms with E-state index >= 15 is 0 Å². The van der Waals surface area contributed by atoms with Crippen LogP contribution >= 0.6 is 22.7 Å². The van der Waals surface area contributed by atoms with Crippen molar-refractivity contribution in [1.29, 1.82) is 0 Å². The van der Waals surface area contributed by atoms with E-state index in [0.29, 0.717) is 0 Å². The summed E-state index contributed by atoms with van der Waals surface area (Å²) in [6.07, 6.45) is 2.41. The van der Waals surface area contributed by atoms with Crippen molar-refractivity contribution in [3.8, 4) is 16.8 Å². The molecular weight excluding hydrogens is 840 g/mol. The van der Waals surface area contributed by atoms with Crippen molar-refractivity contribution in [2.45, 2.75) is 77.6 Å². The van der Waals surface area contributed by atoms with Gasteiger partial charge in [-0.1, -0.05) is 109 Å². The third-order valence-electron chi connectivity index (χ3n) is 16.2. The highest BCUT2D eigenvalue weighted by atomic mass is 32.1. The number of aromatic nitrogens is 1. The van der Waals surface area contributed by atoms with E-state index in [4.69, 9.17) is 4.42 Å². The van der Waals surface area contributed by atoms with Gasteiger partial charge in [-0.3, -0.25) is 0 Å². The zero-order valence-electron chi connectivity index (χ0n) is 38.3. The number of furan rings is 1. The Bertz CT molecular complexity index is 4170. The fraction of sp³-hybridized carbons (Fsp3) is 0.200. The Kier molecular flexibility index (Phi) is 7.08. The predicted molar refractivity (Wildman–Crippen MR) is 287 cm³/mol. The maximum absolute atomic E-state index is 6.79. The summed E-state index contributed by atoms with van der Waals surface area (Å²) in [5.74, 6) is 0. The summed E-state index contributed by atoms with van der Waals surface area (Å²) >= 11 is 3.87. The second-order valence-electron chi connectivity index (χ2n) is 21.9. The number of nitrogens with zero attached hydrogens (tertiary/aromatic N) is 2. The SMILES string of the molecule is CC(C)(C)c1ccc(N2B3c4cc5oc6ccccc6c5cc4-n4c5cc6sc7ccccc7c6cc5c5ccc(c3c54)-c3cc4sc5cc6c(cc5c4cc32)C(C)(C)CCC6(C)C)cc1. The lowest BCUT2D eigenvalue weighted by Gasteiger charge is -2.42. The minimum Gasteiger partial charge on any atom is -0.456 e. The lowest BCUT2D eigenvalue weighted by atomic mass is 9.44. The molecule has 0 spiro atoms. The molecule has 0 atom stereocenters. The van der Waals surface area contributed by atoms with Gasteiger partial charge in [0.15, 0.2) is 0 Å². The normalized spacial score (nSPS) is 16.2. The third kappa shape index (κ3) is 4.84. The summed E-state index contributed by atoms with van der Waals surface area (Å²) in [5.41, 5.74) is 18.0. The van der Waals surface area contributed by atoms with Crippen LogP contribution in [0.15, 0.2) is 138 Å². The topological polar surface area (TPSA) is 21.3 Å². The third-order valence-corrected chi connectivity index (χ3v) is 18.4. The zero-order chi connectivity index (χ0) is 44.3. The average molecular weight is 887 g/mol. The van der Waals surface area contributed by atoms with Crippen molar-refractivity contribution in [3.05, 3.63) is 150 Å². The van der Waals surface area contributed by atoms with Gasteiger partial charge < -0.3 is 13.8 Å². The van der Waals surface area contributed by atoms with Gasteiger partial charge in [-0.05, 0) is 135 Å². The van der Waals surface area contributed by atoms with Gasteiger partial charge in [-0.2, -0.15) is 0 Å². The van der Waals surface area contributed by atoms with E-state index in [0.717, 1.165) is 21.9 Å². The summed E-state index contributed by atoms with van der Waals surface area (Å²) in [4.78, 5) is 2.69. The van der Waals surface area contributed by atoms with Crippen molar-refractivity contribution in [1.82, 2.24) is 4.57 Å². The van der Waals surface area contributed by atoms with Gasteiger partial charge in [-0.25, -0.2) is 0 Å². The Morgan fingerprint density at radius 1 is 0.530 bits per heavy atom. The molecule has 1 aliphatic carbocycles. The molecule has 6 heteroatoms. The summed E-state index contributed by atoms with van der Waals surface area (Å²) < 4.78 is 14.8. The molecule has 0 fully saturated rings. The predicted octanol–water partition coefficient (Wildman–Crippen LogP) is 16.3. The molecule has 6 heterocycles. The van der Waals surface area contributed by atoms with Crippen LogP contribution in [0.25, 0.3) is 101 Å². The standard InChI is InChI=1S/C60H47BN2OS2/c1-58(2,3)32-16-18-33(19-17-32)63-48-27-43-42-25-44-45(60(6,7)23-22-59(44,4)5)29-54(42)66-53(43)28-39(48)36-20-21-37-38-24-41-35-13-9-11-15-52(35)65-55(41)31-47(38)62-49-26-40-34-12-8-10-14-50(34)64-51(40)30-46(49)61(63)56(36)57(37)62/h8-21,24-31H,22-23H2,1-7H3. The Balaban J connectivity index is 1.09. The molecule has 3 nitrogen and oxygen atoms in total. The first kappa shape index (κ1) is 37.8. The summed E-state index contributed by atoms with van der Waals surface area (Å²) in [5, 5.41) is 10.3. The second-order valence-corrected chi connectivity index (χ2v) is 24.1. The maximum Gasteiger partial charge on any atom is 0.333 e. The van der Waals surface area contributed by atoms with Crippen LogP contribution in [0.5, 0.6) is 0 Å². The highest BCUT2D eigenvalue weighted by molar-refractivity contribution is 7.26.